The number of rotatable bonds is 10. The summed E-state index contributed by atoms with van der Waals surface area (Å²) in [4.78, 5) is 77.7. The molecule has 4 heterocycles. The molecule has 0 saturated heterocycles. The Bertz CT molecular complexity index is 1600. The van der Waals surface area contributed by atoms with Gasteiger partial charge in [-0.3, -0.25) is 33.6 Å². The molecule has 2 aliphatic rings. The molecule has 3 N–H and O–H groups in total. The molecule has 0 aliphatic carbocycles. The average molecular weight is 589 g/mol. The lowest BCUT2D eigenvalue weighted by Crippen LogP contribution is -2.42. The van der Waals surface area contributed by atoms with Gasteiger partial charge in [-0.05, 0) is 44.9 Å². The summed E-state index contributed by atoms with van der Waals surface area (Å²) in [6.07, 6.45) is 6.02. The van der Waals surface area contributed by atoms with Gasteiger partial charge in [-0.2, -0.15) is 0 Å². The second kappa shape index (κ2) is 13.3. The SMILES string of the molecule is COC(=O)N(CCCCNC(=O)OC[C@@H]1C=C[C@H](n2cc(C)c(=O)[nH]c2=O)O1)[C@H]1C=C[C@@H](n2cc(C)c(=O)[nH]c2=O)O1. The molecule has 4 atom stereocenters. The number of ether oxygens (including phenoxy) is 4. The zero-order chi connectivity index (χ0) is 30.4. The molecule has 0 radical (unpaired) electrons. The quantitative estimate of drug-likeness (QED) is 0.254. The van der Waals surface area contributed by atoms with Gasteiger partial charge in [0.25, 0.3) is 11.1 Å². The second-order valence-electron chi connectivity index (χ2n) is 9.61. The number of hydrogen-bond donors (Lipinski definition) is 3. The van der Waals surface area contributed by atoms with Crippen molar-refractivity contribution in [1.29, 1.82) is 0 Å². The number of aryl methyl sites for hydroxylation is 2. The van der Waals surface area contributed by atoms with E-state index >= 15 is 0 Å². The number of carbonyl (C=O) groups is 2. The van der Waals surface area contributed by atoms with E-state index in [-0.39, 0.29) is 19.7 Å². The lowest BCUT2D eigenvalue weighted by molar-refractivity contribution is -0.0595. The summed E-state index contributed by atoms with van der Waals surface area (Å²) in [5, 5.41) is 2.62. The summed E-state index contributed by atoms with van der Waals surface area (Å²) >= 11 is 0. The molecular formula is C26H32N6O10. The van der Waals surface area contributed by atoms with Crippen molar-refractivity contribution in [2.45, 2.75) is 51.5 Å². The van der Waals surface area contributed by atoms with E-state index in [1.165, 1.54) is 33.5 Å². The van der Waals surface area contributed by atoms with Crippen LogP contribution >= 0.6 is 0 Å². The summed E-state index contributed by atoms with van der Waals surface area (Å²) in [5.74, 6) is 0. The molecule has 0 aromatic carbocycles. The van der Waals surface area contributed by atoms with Crippen LogP contribution in [0.5, 0.6) is 0 Å². The molecule has 2 aliphatic heterocycles. The summed E-state index contributed by atoms with van der Waals surface area (Å²) in [6.45, 7) is 3.54. The fraction of sp³-hybridized carbons (Fsp3) is 0.462. The van der Waals surface area contributed by atoms with Gasteiger partial charge in [0.05, 0.1) is 7.11 Å². The zero-order valence-corrected chi connectivity index (χ0v) is 23.2. The van der Waals surface area contributed by atoms with Crippen LogP contribution in [0.2, 0.25) is 0 Å². The molecule has 16 nitrogen and oxygen atoms in total. The number of aromatic amines is 2. The van der Waals surface area contributed by atoms with Crippen LogP contribution in [0, 0.1) is 13.8 Å². The lowest BCUT2D eigenvalue weighted by Gasteiger charge is -2.27. The Morgan fingerprint density at radius 2 is 1.50 bits per heavy atom. The third-order valence-corrected chi connectivity index (χ3v) is 6.55. The molecule has 0 saturated carbocycles. The van der Waals surface area contributed by atoms with E-state index in [1.807, 2.05) is 0 Å². The Kier molecular flexibility index (Phi) is 9.59. The van der Waals surface area contributed by atoms with Gasteiger partial charge in [0.15, 0.2) is 18.7 Å². The highest BCUT2D eigenvalue weighted by Gasteiger charge is 2.30. The molecule has 226 valence electrons. The first kappa shape index (κ1) is 30.3. The van der Waals surface area contributed by atoms with E-state index in [0.29, 0.717) is 24.0 Å². The van der Waals surface area contributed by atoms with E-state index in [1.54, 1.807) is 38.2 Å². The number of methoxy groups -OCH3 is 1. The minimum atomic E-state index is -0.822. The van der Waals surface area contributed by atoms with Crippen molar-refractivity contribution in [2.24, 2.45) is 0 Å². The van der Waals surface area contributed by atoms with E-state index in [2.05, 4.69) is 15.3 Å². The first-order valence-electron chi connectivity index (χ1n) is 13.1. The van der Waals surface area contributed by atoms with Gasteiger partial charge in [-0.1, -0.05) is 6.08 Å². The van der Waals surface area contributed by atoms with Gasteiger partial charge in [-0.25, -0.2) is 19.2 Å². The number of H-pyrrole nitrogens is 2. The number of alkyl carbamates (subject to hydrolysis) is 1. The molecule has 2 amide bonds. The van der Waals surface area contributed by atoms with Crippen molar-refractivity contribution < 1.29 is 28.5 Å². The summed E-state index contributed by atoms with van der Waals surface area (Å²) in [7, 11) is 1.24. The highest BCUT2D eigenvalue weighted by molar-refractivity contribution is 5.68. The minimum Gasteiger partial charge on any atom is -0.453 e. The monoisotopic (exact) mass is 588 g/mol. The van der Waals surface area contributed by atoms with E-state index in [4.69, 9.17) is 18.9 Å². The van der Waals surface area contributed by atoms with Crippen LogP contribution in [0.1, 0.15) is 36.4 Å². The van der Waals surface area contributed by atoms with Gasteiger partial charge in [0.2, 0.25) is 0 Å². The summed E-state index contributed by atoms with van der Waals surface area (Å²) in [5.41, 5.74) is -1.52. The van der Waals surface area contributed by atoms with Crippen LogP contribution in [0.15, 0.2) is 55.9 Å². The molecule has 0 unspecified atom stereocenters. The summed E-state index contributed by atoms with van der Waals surface area (Å²) < 4.78 is 24.1. The predicted octanol–water partition coefficient (Wildman–Crippen LogP) is 0.143. The maximum atomic E-state index is 12.4. The predicted molar refractivity (Wildman–Crippen MR) is 146 cm³/mol. The topological polar surface area (TPSA) is 196 Å². The van der Waals surface area contributed by atoms with Crippen molar-refractivity contribution in [3.63, 3.8) is 0 Å². The molecular weight excluding hydrogens is 556 g/mol. The Hall–Kier alpha value is -4.70. The van der Waals surface area contributed by atoms with E-state index in [0.717, 1.165) is 0 Å². The largest absolute Gasteiger partial charge is 0.453 e. The molecule has 16 heteroatoms. The number of unbranched alkanes of at least 4 members (excludes halogenated alkanes) is 1. The Labute approximate surface area is 238 Å². The van der Waals surface area contributed by atoms with Gasteiger partial charge in [0.1, 0.15) is 12.7 Å². The van der Waals surface area contributed by atoms with Gasteiger partial charge >= 0.3 is 23.6 Å². The average Bonchev–Trinajstić information content (AvgIpc) is 3.63. The fourth-order valence-corrected chi connectivity index (χ4v) is 4.30. The van der Waals surface area contributed by atoms with Crippen LogP contribution in [0.4, 0.5) is 9.59 Å². The Morgan fingerprint density at radius 3 is 2.12 bits per heavy atom. The Morgan fingerprint density at radius 1 is 0.905 bits per heavy atom. The van der Waals surface area contributed by atoms with Crippen LogP contribution in [-0.2, 0) is 18.9 Å². The van der Waals surface area contributed by atoms with Crippen molar-refractivity contribution in [2.75, 3.05) is 26.8 Å². The number of amides is 2. The minimum absolute atomic E-state index is 0.0868. The molecule has 0 spiro atoms. The van der Waals surface area contributed by atoms with Crippen molar-refractivity contribution in [3.8, 4) is 0 Å². The molecule has 0 bridgehead atoms. The van der Waals surface area contributed by atoms with Crippen LogP contribution < -0.4 is 27.8 Å². The number of nitrogens with one attached hydrogen (secondary N) is 3. The van der Waals surface area contributed by atoms with Gasteiger partial charge in [0, 0.05) is 36.6 Å². The van der Waals surface area contributed by atoms with Crippen molar-refractivity contribution >= 4 is 12.2 Å². The molecule has 2 aromatic rings. The van der Waals surface area contributed by atoms with Gasteiger partial charge < -0.3 is 24.3 Å². The third-order valence-electron chi connectivity index (χ3n) is 6.55. The molecule has 2 aromatic heterocycles. The standard InChI is InChI=1S/C26H32N6O10/c1-15-12-31(23(35)28-21(15)33)19-7-6-17(41-19)14-40-25(37)27-10-4-5-11-30(26(38)39-3)18-8-9-20(42-18)32-13-16(2)22(34)29-24(32)36/h6-9,12-13,17-20H,4-5,10-11,14H2,1-3H3,(H,27,37)(H,28,33,35)(H,29,34,36)/t17-,18+,19+,20-/m0/s1. The normalized spacial score (nSPS) is 20.9. The van der Waals surface area contributed by atoms with E-state index in [9.17, 15) is 28.8 Å². The maximum absolute atomic E-state index is 12.4. The molecule has 4 rings (SSSR count). The second-order valence-corrected chi connectivity index (χ2v) is 9.61. The van der Waals surface area contributed by atoms with Crippen molar-refractivity contribution in [1.82, 2.24) is 29.3 Å². The van der Waals surface area contributed by atoms with Crippen LogP contribution in [-0.4, -0.2) is 75.3 Å². The molecule has 42 heavy (non-hydrogen) atoms. The number of carbonyl (C=O) groups excluding carboxylic acids is 2. The first-order valence-corrected chi connectivity index (χ1v) is 13.1. The zero-order valence-electron chi connectivity index (χ0n) is 23.2. The third kappa shape index (κ3) is 7.13. The lowest BCUT2D eigenvalue weighted by atomic mass is 10.3. The highest BCUT2D eigenvalue weighted by Crippen LogP contribution is 2.23. The molecule has 0 fully saturated rings. The van der Waals surface area contributed by atoms with Gasteiger partial charge in [-0.15, -0.1) is 0 Å². The smallest absolute Gasteiger partial charge is 0.411 e. The number of hydrogen-bond acceptors (Lipinski definition) is 10. The highest BCUT2D eigenvalue weighted by atomic mass is 16.6. The summed E-state index contributed by atoms with van der Waals surface area (Å²) in [6, 6.07) is 0. The van der Waals surface area contributed by atoms with Crippen LogP contribution in [0.3, 0.4) is 0 Å². The fourth-order valence-electron chi connectivity index (χ4n) is 4.30. The number of nitrogens with zero attached hydrogens (tertiary/aromatic N) is 3. The van der Waals surface area contributed by atoms with Crippen LogP contribution in [0.25, 0.3) is 0 Å². The van der Waals surface area contributed by atoms with Crippen molar-refractivity contribution in [3.05, 3.63) is 89.5 Å². The number of aromatic nitrogens is 4. The maximum Gasteiger partial charge on any atom is 0.411 e. The van der Waals surface area contributed by atoms with E-state index < -0.39 is 59.5 Å². The Balaban J connectivity index is 1.18. The first-order chi connectivity index (χ1) is 20.1.